The predicted octanol–water partition coefficient (Wildman–Crippen LogP) is 3.30. The van der Waals surface area contributed by atoms with Gasteiger partial charge in [0.2, 0.25) is 0 Å². The minimum absolute atomic E-state index is 0.461. The van der Waals surface area contributed by atoms with Crippen LogP contribution in [0.2, 0.25) is 0 Å². The number of hydrogen-bond donors (Lipinski definition) is 1. The zero-order valence-corrected chi connectivity index (χ0v) is 16.0. The zero-order valence-electron chi connectivity index (χ0n) is 15.2. The first-order valence-corrected chi connectivity index (χ1v) is 9.18. The number of aliphatic carboxylic acids is 1. The van der Waals surface area contributed by atoms with Gasteiger partial charge in [0.15, 0.2) is 0 Å². The highest BCUT2D eigenvalue weighted by Gasteiger charge is 2.15. The lowest BCUT2D eigenvalue weighted by Gasteiger charge is -2.10. The minimum Gasteiger partial charge on any atom is -0.493 e. The summed E-state index contributed by atoms with van der Waals surface area (Å²) in [5.74, 6) is -0.0793. The van der Waals surface area contributed by atoms with Crippen LogP contribution in [0.25, 0.3) is 10.2 Å². The standard InChI is InChI=1S/C18H25N3O3S/c1-5-14(18(22)23)19-12(2)17-20-15-8-7-13(11-16(15)25-17)24-10-6-9-21(3)4/h7-8,11,14H,5-6,9-10H2,1-4H3,(H,22,23)/b19-12+/t14-/m1/s1. The summed E-state index contributed by atoms with van der Waals surface area (Å²) in [6, 6.07) is 5.11. The molecule has 2 rings (SSSR count). The number of thiazole rings is 1. The number of carboxylic acid groups (broad SMARTS) is 1. The van der Waals surface area contributed by atoms with Crippen LogP contribution < -0.4 is 4.74 Å². The van der Waals surface area contributed by atoms with Gasteiger partial charge in [0.25, 0.3) is 0 Å². The molecule has 0 aliphatic heterocycles. The molecular formula is C18H25N3O3S. The Morgan fingerprint density at radius 3 is 2.84 bits per heavy atom. The molecule has 1 aromatic heterocycles. The molecule has 0 unspecified atom stereocenters. The number of ether oxygens (including phenoxy) is 1. The topological polar surface area (TPSA) is 75.0 Å². The lowest BCUT2D eigenvalue weighted by molar-refractivity contribution is -0.138. The van der Waals surface area contributed by atoms with Crippen LogP contribution in [0.15, 0.2) is 23.2 Å². The highest BCUT2D eigenvalue weighted by atomic mass is 32.1. The van der Waals surface area contributed by atoms with Crippen molar-refractivity contribution in [1.82, 2.24) is 9.88 Å². The van der Waals surface area contributed by atoms with Crippen molar-refractivity contribution in [3.8, 4) is 5.75 Å². The van der Waals surface area contributed by atoms with E-state index in [4.69, 9.17) is 9.84 Å². The van der Waals surface area contributed by atoms with E-state index in [-0.39, 0.29) is 0 Å². The number of nitrogens with zero attached hydrogens (tertiary/aromatic N) is 3. The molecule has 1 atom stereocenters. The van der Waals surface area contributed by atoms with Crippen LogP contribution in [0, 0.1) is 0 Å². The van der Waals surface area contributed by atoms with Crippen molar-refractivity contribution in [2.45, 2.75) is 32.7 Å². The van der Waals surface area contributed by atoms with Crippen LogP contribution in [0.5, 0.6) is 5.75 Å². The van der Waals surface area contributed by atoms with Crippen molar-refractivity contribution in [2.75, 3.05) is 27.2 Å². The maximum absolute atomic E-state index is 11.1. The summed E-state index contributed by atoms with van der Waals surface area (Å²) in [7, 11) is 4.09. The average molecular weight is 363 g/mol. The first-order chi connectivity index (χ1) is 11.9. The molecule has 1 heterocycles. The second kappa shape index (κ2) is 8.92. The summed E-state index contributed by atoms with van der Waals surface area (Å²) >= 11 is 1.50. The van der Waals surface area contributed by atoms with Gasteiger partial charge in [0.1, 0.15) is 16.8 Å². The number of hydrogen-bond acceptors (Lipinski definition) is 6. The van der Waals surface area contributed by atoms with E-state index in [2.05, 4.69) is 14.9 Å². The Labute approximate surface area is 152 Å². The van der Waals surface area contributed by atoms with E-state index in [9.17, 15) is 4.79 Å². The molecule has 0 fully saturated rings. The van der Waals surface area contributed by atoms with Crippen molar-refractivity contribution in [3.05, 3.63) is 23.2 Å². The summed E-state index contributed by atoms with van der Waals surface area (Å²) in [6.07, 6.45) is 1.43. The van der Waals surface area contributed by atoms with Gasteiger partial charge in [-0.2, -0.15) is 0 Å². The van der Waals surface area contributed by atoms with E-state index >= 15 is 0 Å². The molecule has 7 heteroatoms. The maximum Gasteiger partial charge on any atom is 0.328 e. The van der Waals surface area contributed by atoms with Gasteiger partial charge in [-0.15, -0.1) is 11.3 Å². The van der Waals surface area contributed by atoms with Gasteiger partial charge in [-0.1, -0.05) is 6.92 Å². The van der Waals surface area contributed by atoms with Gasteiger partial charge in [-0.05, 0) is 52.1 Å². The molecule has 0 spiro atoms. The largest absolute Gasteiger partial charge is 0.493 e. The molecule has 1 aromatic carbocycles. The monoisotopic (exact) mass is 363 g/mol. The van der Waals surface area contributed by atoms with Crippen molar-refractivity contribution in [1.29, 1.82) is 0 Å². The highest BCUT2D eigenvalue weighted by molar-refractivity contribution is 7.20. The first kappa shape index (κ1) is 19.3. The molecule has 2 aromatic rings. The molecule has 0 saturated heterocycles. The Morgan fingerprint density at radius 1 is 1.44 bits per heavy atom. The number of fused-ring (bicyclic) bond motifs is 1. The molecule has 0 bridgehead atoms. The Bertz CT molecular complexity index is 755. The van der Waals surface area contributed by atoms with E-state index in [0.29, 0.717) is 18.7 Å². The maximum atomic E-state index is 11.1. The van der Waals surface area contributed by atoms with Crippen LogP contribution in [0.3, 0.4) is 0 Å². The summed E-state index contributed by atoms with van der Waals surface area (Å²) in [5.41, 5.74) is 1.53. The van der Waals surface area contributed by atoms with Crippen molar-refractivity contribution < 1.29 is 14.6 Å². The number of rotatable bonds is 9. The van der Waals surface area contributed by atoms with E-state index < -0.39 is 12.0 Å². The second-order valence-electron chi connectivity index (χ2n) is 6.13. The first-order valence-electron chi connectivity index (χ1n) is 8.36. The third-order valence-electron chi connectivity index (χ3n) is 3.71. The number of carboxylic acids is 1. The van der Waals surface area contributed by atoms with Crippen molar-refractivity contribution in [3.63, 3.8) is 0 Å². The molecular weight excluding hydrogens is 338 g/mol. The van der Waals surface area contributed by atoms with Gasteiger partial charge >= 0.3 is 5.97 Å². The highest BCUT2D eigenvalue weighted by Crippen LogP contribution is 2.27. The Kier molecular flexibility index (Phi) is 6.90. The summed E-state index contributed by atoms with van der Waals surface area (Å²) in [6.45, 7) is 5.28. The number of carbonyl (C=O) groups is 1. The molecule has 0 aliphatic carbocycles. The number of aliphatic imine (C=N–C) groups is 1. The molecule has 6 nitrogen and oxygen atoms in total. The predicted molar refractivity (Wildman–Crippen MR) is 102 cm³/mol. The number of aromatic nitrogens is 1. The van der Waals surface area contributed by atoms with Crippen LogP contribution in [0.4, 0.5) is 0 Å². The SMILES string of the molecule is CC[C@@H](/N=C(\C)c1nc2ccc(OCCCN(C)C)cc2s1)C(=O)O. The van der Waals surface area contributed by atoms with Gasteiger partial charge in [-0.3, -0.25) is 4.99 Å². The normalized spacial score (nSPS) is 13.4. The van der Waals surface area contributed by atoms with Crippen LogP contribution >= 0.6 is 11.3 Å². The van der Waals surface area contributed by atoms with Crippen molar-refractivity contribution in [2.24, 2.45) is 4.99 Å². The zero-order chi connectivity index (χ0) is 18.4. The fourth-order valence-corrected chi connectivity index (χ4v) is 3.28. The lowest BCUT2D eigenvalue weighted by Crippen LogP contribution is -2.18. The Balaban J connectivity index is 2.11. The fraction of sp³-hybridized carbons (Fsp3) is 0.500. The third-order valence-corrected chi connectivity index (χ3v) is 4.84. The molecule has 0 amide bonds. The summed E-state index contributed by atoms with van der Waals surface area (Å²) < 4.78 is 6.80. The Morgan fingerprint density at radius 2 is 2.20 bits per heavy atom. The quantitative estimate of drug-likeness (QED) is 0.546. The van der Waals surface area contributed by atoms with Gasteiger partial charge in [-0.25, -0.2) is 9.78 Å². The Hall–Kier alpha value is -1.99. The molecule has 1 N–H and O–H groups in total. The van der Waals surface area contributed by atoms with Gasteiger partial charge in [0, 0.05) is 6.54 Å². The van der Waals surface area contributed by atoms with E-state index in [1.807, 2.05) is 46.1 Å². The fourth-order valence-electron chi connectivity index (χ4n) is 2.33. The molecule has 0 radical (unpaired) electrons. The van der Waals surface area contributed by atoms with Crippen LogP contribution in [-0.2, 0) is 4.79 Å². The average Bonchev–Trinajstić information content (AvgIpc) is 2.99. The third kappa shape index (κ3) is 5.51. The van der Waals surface area contributed by atoms with E-state index in [1.54, 1.807) is 0 Å². The van der Waals surface area contributed by atoms with Crippen LogP contribution in [0.1, 0.15) is 31.7 Å². The van der Waals surface area contributed by atoms with Gasteiger partial charge in [0.05, 0.1) is 22.5 Å². The minimum atomic E-state index is -0.906. The van der Waals surface area contributed by atoms with Gasteiger partial charge < -0.3 is 14.7 Å². The summed E-state index contributed by atoms with van der Waals surface area (Å²) in [4.78, 5) is 22.1. The second-order valence-corrected chi connectivity index (χ2v) is 7.16. The van der Waals surface area contributed by atoms with Crippen molar-refractivity contribution >= 4 is 33.2 Å². The lowest BCUT2D eigenvalue weighted by atomic mass is 10.2. The molecule has 136 valence electrons. The summed E-state index contributed by atoms with van der Waals surface area (Å²) in [5, 5.41) is 9.89. The number of benzene rings is 1. The molecule has 25 heavy (non-hydrogen) atoms. The molecule has 0 saturated carbocycles. The van der Waals surface area contributed by atoms with E-state index in [1.165, 1.54) is 11.3 Å². The smallest absolute Gasteiger partial charge is 0.328 e. The van der Waals surface area contributed by atoms with Crippen LogP contribution in [-0.4, -0.2) is 60.0 Å². The van der Waals surface area contributed by atoms with E-state index in [0.717, 1.165) is 33.9 Å². The molecule has 0 aliphatic rings.